The number of rotatable bonds is 8. The lowest BCUT2D eigenvalue weighted by Gasteiger charge is -2.20. The fraction of sp³-hybridized carbons (Fsp3) is 0.429. The highest BCUT2D eigenvalue weighted by Crippen LogP contribution is 2.16. The summed E-state index contributed by atoms with van der Waals surface area (Å²) in [6, 6.07) is 7.79. The standard InChI is InChI=1S/C21H27N3O5S/c1-16-8-9-18(30(27,28)23-15-17-6-5-13-29-17)14-19(16)21(26)22-10-12-24-11-4-2-3-7-20(24)25/h5-6,8-9,13-14,23H,2-4,7,10-12,15H2,1H3,(H,22,26). The number of amides is 2. The Kier molecular flexibility index (Phi) is 7.28. The van der Waals surface area contributed by atoms with Crippen LogP contribution in [0.25, 0.3) is 0 Å². The molecule has 3 rings (SSSR count). The minimum Gasteiger partial charge on any atom is -0.468 e. The summed E-state index contributed by atoms with van der Waals surface area (Å²) in [5, 5.41) is 2.80. The zero-order valence-corrected chi connectivity index (χ0v) is 17.8. The van der Waals surface area contributed by atoms with E-state index in [2.05, 4.69) is 10.0 Å². The molecule has 0 atom stereocenters. The van der Waals surface area contributed by atoms with E-state index in [1.807, 2.05) is 0 Å². The smallest absolute Gasteiger partial charge is 0.251 e. The van der Waals surface area contributed by atoms with Crippen molar-refractivity contribution in [2.75, 3.05) is 19.6 Å². The van der Waals surface area contributed by atoms with E-state index in [9.17, 15) is 18.0 Å². The van der Waals surface area contributed by atoms with Crippen molar-refractivity contribution in [2.24, 2.45) is 0 Å². The number of nitrogens with zero attached hydrogens (tertiary/aromatic N) is 1. The quantitative estimate of drug-likeness (QED) is 0.663. The monoisotopic (exact) mass is 433 g/mol. The lowest BCUT2D eigenvalue weighted by Crippen LogP contribution is -2.38. The predicted molar refractivity (Wildman–Crippen MR) is 111 cm³/mol. The molecule has 162 valence electrons. The third kappa shape index (κ3) is 5.70. The molecule has 0 spiro atoms. The summed E-state index contributed by atoms with van der Waals surface area (Å²) in [6.45, 7) is 3.25. The molecule has 0 bridgehead atoms. The third-order valence-corrected chi connectivity index (χ3v) is 6.52. The van der Waals surface area contributed by atoms with E-state index < -0.39 is 10.0 Å². The average Bonchev–Trinajstić information content (AvgIpc) is 3.16. The zero-order valence-electron chi connectivity index (χ0n) is 17.0. The van der Waals surface area contributed by atoms with E-state index >= 15 is 0 Å². The van der Waals surface area contributed by atoms with Gasteiger partial charge in [-0.2, -0.15) is 0 Å². The second-order valence-electron chi connectivity index (χ2n) is 7.33. The maximum Gasteiger partial charge on any atom is 0.251 e. The van der Waals surface area contributed by atoms with E-state index in [0.29, 0.717) is 37.4 Å². The number of nitrogens with one attached hydrogen (secondary N) is 2. The third-order valence-electron chi connectivity index (χ3n) is 5.12. The van der Waals surface area contributed by atoms with Gasteiger partial charge in [0, 0.05) is 31.6 Å². The van der Waals surface area contributed by atoms with Gasteiger partial charge in [-0.3, -0.25) is 9.59 Å². The molecule has 1 aliphatic heterocycles. The van der Waals surface area contributed by atoms with Gasteiger partial charge in [-0.15, -0.1) is 0 Å². The molecule has 8 nitrogen and oxygen atoms in total. The summed E-state index contributed by atoms with van der Waals surface area (Å²) in [5.41, 5.74) is 0.960. The summed E-state index contributed by atoms with van der Waals surface area (Å²) in [7, 11) is -3.80. The van der Waals surface area contributed by atoms with Gasteiger partial charge in [0.05, 0.1) is 17.7 Å². The second kappa shape index (κ2) is 9.90. The summed E-state index contributed by atoms with van der Waals surface area (Å²) in [6.07, 6.45) is 4.96. The molecule has 2 aromatic rings. The van der Waals surface area contributed by atoms with E-state index in [4.69, 9.17) is 4.42 Å². The maximum absolute atomic E-state index is 12.6. The van der Waals surface area contributed by atoms with Crippen LogP contribution >= 0.6 is 0 Å². The Hall–Kier alpha value is -2.65. The van der Waals surface area contributed by atoms with Crippen molar-refractivity contribution >= 4 is 21.8 Å². The molecule has 0 aliphatic carbocycles. The van der Waals surface area contributed by atoms with Crippen molar-refractivity contribution in [1.29, 1.82) is 0 Å². The number of likely N-dealkylation sites (tertiary alicyclic amines) is 1. The summed E-state index contributed by atoms with van der Waals surface area (Å²) in [5.74, 6) is 0.248. The van der Waals surface area contributed by atoms with Crippen molar-refractivity contribution in [2.45, 2.75) is 44.0 Å². The first kappa shape index (κ1) is 22.0. The van der Waals surface area contributed by atoms with Gasteiger partial charge in [0.25, 0.3) is 5.91 Å². The molecular formula is C21H27N3O5S. The Bertz CT molecular complexity index is 986. The Labute approximate surface area is 176 Å². The fourth-order valence-electron chi connectivity index (χ4n) is 3.35. The molecule has 1 fully saturated rings. The van der Waals surface area contributed by atoms with Crippen LogP contribution in [0.2, 0.25) is 0 Å². The average molecular weight is 434 g/mol. The topological polar surface area (TPSA) is 109 Å². The molecular weight excluding hydrogens is 406 g/mol. The first-order chi connectivity index (χ1) is 14.4. The number of benzene rings is 1. The minimum atomic E-state index is -3.80. The van der Waals surface area contributed by atoms with Crippen LogP contribution in [0.1, 0.15) is 47.4 Å². The normalized spacial score (nSPS) is 15.1. The van der Waals surface area contributed by atoms with E-state index in [0.717, 1.165) is 19.3 Å². The summed E-state index contributed by atoms with van der Waals surface area (Å²) in [4.78, 5) is 26.5. The Morgan fingerprint density at radius 3 is 2.80 bits per heavy atom. The molecule has 1 aliphatic rings. The van der Waals surface area contributed by atoms with Gasteiger partial charge in [0.2, 0.25) is 15.9 Å². The number of carbonyl (C=O) groups excluding carboxylic acids is 2. The highest BCUT2D eigenvalue weighted by molar-refractivity contribution is 7.89. The highest BCUT2D eigenvalue weighted by atomic mass is 32.2. The molecule has 2 amide bonds. The molecule has 0 saturated carbocycles. The number of hydrogen-bond donors (Lipinski definition) is 2. The first-order valence-electron chi connectivity index (χ1n) is 10.1. The van der Waals surface area contributed by atoms with E-state index in [1.165, 1.54) is 18.4 Å². The van der Waals surface area contributed by atoms with Crippen LogP contribution in [-0.4, -0.2) is 44.8 Å². The molecule has 1 aromatic carbocycles. The SMILES string of the molecule is Cc1ccc(S(=O)(=O)NCc2ccco2)cc1C(=O)NCCN1CCCCCC1=O. The lowest BCUT2D eigenvalue weighted by atomic mass is 10.1. The fourth-order valence-corrected chi connectivity index (χ4v) is 4.37. The molecule has 30 heavy (non-hydrogen) atoms. The van der Waals surface area contributed by atoms with Crippen LogP contribution in [0.4, 0.5) is 0 Å². The van der Waals surface area contributed by atoms with Crippen LogP contribution in [0.5, 0.6) is 0 Å². The number of aryl methyl sites for hydroxylation is 1. The van der Waals surface area contributed by atoms with Crippen molar-refractivity contribution < 1.29 is 22.4 Å². The van der Waals surface area contributed by atoms with E-state index in [-0.39, 0.29) is 28.8 Å². The largest absolute Gasteiger partial charge is 0.468 e. The Morgan fingerprint density at radius 1 is 1.20 bits per heavy atom. The van der Waals surface area contributed by atoms with Crippen molar-refractivity contribution in [3.05, 3.63) is 53.5 Å². The predicted octanol–water partition coefficient (Wildman–Crippen LogP) is 2.20. The van der Waals surface area contributed by atoms with Gasteiger partial charge in [0.15, 0.2) is 0 Å². The van der Waals surface area contributed by atoms with Crippen molar-refractivity contribution in [3.63, 3.8) is 0 Å². The van der Waals surface area contributed by atoms with Gasteiger partial charge in [-0.1, -0.05) is 12.5 Å². The van der Waals surface area contributed by atoms with Crippen LogP contribution in [0.15, 0.2) is 45.9 Å². The van der Waals surface area contributed by atoms with E-state index in [1.54, 1.807) is 30.0 Å². The molecule has 9 heteroatoms. The molecule has 2 N–H and O–H groups in total. The summed E-state index contributed by atoms with van der Waals surface area (Å²) >= 11 is 0. The highest BCUT2D eigenvalue weighted by Gasteiger charge is 2.19. The lowest BCUT2D eigenvalue weighted by molar-refractivity contribution is -0.130. The van der Waals surface area contributed by atoms with Crippen LogP contribution in [0.3, 0.4) is 0 Å². The number of carbonyl (C=O) groups is 2. The molecule has 1 saturated heterocycles. The van der Waals surface area contributed by atoms with Gasteiger partial charge in [-0.05, 0) is 49.6 Å². The maximum atomic E-state index is 12.6. The Morgan fingerprint density at radius 2 is 2.03 bits per heavy atom. The molecule has 0 radical (unpaired) electrons. The van der Waals surface area contributed by atoms with Crippen LogP contribution in [0, 0.1) is 6.92 Å². The number of sulfonamides is 1. The van der Waals surface area contributed by atoms with Crippen molar-refractivity contribution in [1.82, 2.24) is 14.9 Å². The minimum absolute atomic E-state index is 0.00695. The zero-order chi connectivity index (χ0) is 21.6. The number of furan rings is 1. The van der Waals surface area contributed by atoms with Gasteiger partial charge < -0.3 is 14.6 Å². The number of hydrogen-bond acceptors (Lipinski definition) is 5. The summed E-state index contributed by atoms with van der Waals surface area (Å²) < 4.78 is 32.7. The van der Waals surface area contributed by atoms with Crippen molar-refractivity contribution in [3.8, 4) is 0 Å². The van der Waals surface area contributed by atoms with Crippen LogP contribution in [-0.2, 0) is 21.4 Å². The van der Waals surface area contributed by atoms with Gasteiger partial charge in [0.1, 0.15) is 5.76 Å². The Balaban J connectivity index is 1.62. The first-order valence-corrected chi connectivity index (χ1v) is 11.5. The molecule has 2 heterocycles. The van der Waals surface area contributed by atoms with Gasteiger partial charge >= 0.3 is 0 Å². The molecule has 1 aromatic heterocycles. The van der Waals surface area contributed by atoms with Gasteiger partial charge in [-0.25, -0.2) is 13.1 Å². The second-order valence-corrected chi connectivity index (χ2v) is 9.09. The van der Waals surface area contributed by atoms with Crippen LogP contribution < -0.4 is 10.0 Å². The molecule has 0 unspecified atom stereocenters.